The minimum Gasteiger partial charge on any atom is -0.342 e. The van der Waals surface area contributed by atoms with E-state index < -0.39 is 0 Å². The van der Waals surface area contributed by atoms with Crippen LogP contribution in [0.1, 0.15) is 49.9 Å². The van der Waals surface area contributed by atoms with Crippen molar-refractivity contribution >= 4 is 17.1 Å². The quantitative estimate of drug-likeness (QED) is 0.711. The summed E-state index contributed by atoms with van der Waals surface area (Å²) in [5, 5.41) is 8.01. The Balaban J connectivity index is 1.63. The largest absolute Gasteiger partial charge is 0.342 e. The number of carbonyl (C=O) groups excluding carboxylic acids is 1. The van der Waals surface area contributed by atoms with Gasteiger partial charge in [-0.3, -0.25) is 9.59 Å². The summed E-state index contributed by atoms with van der Waals surface area (Å²) in [6, 6.07) is 6.08. The van der Waals surface area contributed by atoms with Crippen molar-refractivity contribution in [3.05, 3.63) is 51.8 Å². The molecule has 1 aliphatic rings. The van der Waals surface area contributed by atoms with Crippen molar-refractivity contribution in [2.75, 3.05) is 13.1 Å². The third-order valence-corrected chi connectivity index (χ3v) is 5.26. The normalized spacial score (nSPS) is 17.0. The average Bonchev–Trinajstić information content (AvgIpc) is 3.13. The van der Waals surface area contributed by atoms with E-state index in [0.29, 0.717) is 31.0 Å². The van der Waals surface area contributed by atoms with Gasteiger partial charge in [0.1, 0.15) is 11.6 Å². The molecule has 0 spiro atoms. The molecule has 9 heteroatoms. The molecular weight excluding hydrogens is 375 g/mol. The summed E-state index contributed by atoms with van der Waals surface area (Å²) in [5.74, 6) is 0.354. The van der Waals surface area contributed by atoms with Crippen LogP contribution in [-0.4, -0.2) is 48.9 Å². The first-order valence-electron chi connectivity index (χ1n) is 9.90. The highest BCUT2D eigenvalue weighted by atomic mass is 19.1. The standard InChI is InChI=1S/C20H23FN6O2/c1-2-4-16(28)26-10-3-5-14(12-26)18-22-19-17(20(29)23-18)24-25-27(19)11-13-6-8-15(21)9-7-13/h6-9,14H,2-5,10-12H2,1H3,(H,22,23,29). The van der Waals surface area contributed by atoms with E-state index in [4.69, 9.17) is 0 Å². The van der Waals surface area contributed by atoms with Crippen LogP contribution >= 0.6 is 0 Å². The van der Waals surface area contributed by atoms with Gasteiger partial charge in [-0.2, -0.15) is 0 Å². The summed E-state index contributed by atoms with van der Waals surface area (Å²) >= 11 is 0. The van der Waals surface area contributed by atoms with Crippen LogP contribution < -0.4 is 5.56 Å². The fraction of sp³-hybridized carbons (Fsp3) is 0.450. The number of aromatic nitrogens is 5. The van der Waals surface area contributed by atoms with Gasteiger partial charge in [0.05, 0.1) is 6.54 Å². The number of hydrogen-bond acceptors (Lipinski definition) is 5. The number of amides is 1. The van der Waals surface area contributed by atoms with E-state index >= 15 is 0 Å². The molecule has 1 atom stereocenters. The zero-order valence-corrected chi connectivity index (χ0v) is 16.3. The van der Waals surface area contributed by atoms with E-state index in [9.17, 15) is 14.0 Å². The number of piperidine rings is 1. The van der Waals surface area contributed by atoms with Crippen molar-refractivity contribution in [1.29, 1.82) is 0 Å². The number of likely N-dealkylation sites (tertiary alicyclic amines) is 1. The minimum atomic E-state index is -0.340. The zero-order valence-electron chi connectivity index (χ0n) is 16.3. The number of nitrogens with zero attached hydrogens (tertiary/aromatic N) is 5. The Kier molecular flexibility index (Phi) is 5.37. The topological polar surface area (TPSA) is 96.8 Å². The molecule has 152 valence electrons. The van der Waals surface area contributed by atoms with Crippen LogP contribution in [0.15, 0.2) is 29.1 Å². The molecular formula is C20H23FN6O2. The number of fused-ring (bicyclic) bond motifs is 1. The van der Waals surface area contributed by atoms with Gasteiger partial charge in [-0.05, 0) is 37.0 Å². The molecule has 1 saturated heterocycles. The number of rotatable bonds is 5. The van der Waals surface area contributed by atoms with Crippen LogP contribution in [0.2, 0.25) is 0 Å². The maximum absolute atomic E-state index is 13.1. The smallest absolute Gasteiger partial charge is 0.281 e. The zero-order chi connectivity index (χ0) is 20.4. The van der Waals surface area contributed by atoms with Crippen molar-refractivity contribution in [1.82, 2.24) is 29.9 Å². The van der Waals surface area contributed by atoms with Gasteiger partial charge in [0.2, 0.25) is 5.91 Å². The van der Waals surface area contributed by atoms with Crippen LogP contribution in [0.25, 0.3) is 11.2 Å². The highest BCUT2D eigenvalue weighted by molar-refractivity contribution is 5.76. The van der Waals surface area contributed by atoms with Crippen molar-refractivity contribution in [3.8, 4) is 0 Å². The van der Waals surface area contributed by atoms with E-state index in [1.807, 2.05) is 11.8 Å². The van der Waals surface area contributed by atoms with E-state index in [1.54, 1.807) is 16.8 Å². The van der Waals surface area contributed by atoms with Crippen LogP contribution in [0, 0.1) is 5.82 Å². The summed E-state index contributed by atoms with van der Waals surface area (Å²) < 4.78 is 14.7. The van der Waals surface area contributed by atoms with Crippen LogP contribution in [0.5, 0.6) is 0 Å². The van der Waals surface area contributed by atoms with E-state index in [-0.39, 0.29) is 28.7 Å². The second-order valence-electron chi connectivity index (χ2n) is 7.43. The van der Waals surface area contributed by atoms with Gasteiger partial charge < -0.3 is 9.88 Å². The van der Waals surface area contributed by atoms with Crippen molar-refractivity contribution < 1.29 is 9.18 Å². The Labute approximate surface area is 166 Å². The summed E-state index contributed by atoms with van der Waals surface area (Å²) in [7, 11) is 0. The Hall–Kier alpha value is -3.10. The first-order chi connectivity index (χ1) is 14.0. The van der Waals surface area contributed by atoms with E-state index in [0.717, 1.165) is 31.4 Å². The van der Waals surface area contributed by atoms with E-state index in [2.05, 4.69) is 20.3 Å². The van der Waals surface area contributed by atoms with Gasteiger partial charge in [0.25, 0.3) is 5.56 Å². The highest BCUT2D eigenvalue weighted by Crippen LogP contribution is 2.25. The number of aromatic amines is 1. The van der Waals surface area contributed by atoms with Gasteiger partial charge in [-0.15, -0.1) is 5.10 Å². The number of H-pyrrole nitrogens is 1. The molecule has 0 aliphatic carbocycles. The number of benzene rings is 1. The molecule has 1 aromatic carbocycles. The lowest BCUT2D eigenvalue weighted by Crippen LogP contribution is -2.39. The van der Waals surface area contributed by atoms with Crippen LogP contribution in [0.3, 0.4) is 0 Å². The van der Waals surface area contributed by atoms with Gasteiger partial charge in [-0.1, -0.05) is 24.3 Å². The lowest BCUT2D eigenvalue weighted by molar-refractivity contribution is -0.132. The molecule has 1 amide bonds. The SMILES string of the molecule is CCCC(=O)N1CCCC(c2nc3c(nnn3Cc3ccc(F)cc3)c(=O)[nH]2)C1. The molecule has 8 nitrogen and oxygen atoms in total. The summed E-state index contributed by atoms with van der Waals surface area (Å²) in [4.78, 5) is 34.1. The number of carbonyl (C=O) groups is 1. The fourth-order valence-corrected chi connectivity index (χ4v) is 3.74. The highest BCUT2D eigenvalue weighted by Gasteiger charge is 2.27. The summed E-state index contributed by atoms with van der Waals surface area (Å²) in [6.45, 7) is 3.61. The Morgan fingerprint density at radius 1 is 1.31 bits per heavy atom. The molecule has 0 radical (unpaired) electrons. The predicted molar refractivity (Wildman–Crippen MR) is 105 cm³/mol. The third kappa shape index (κ3) is 4.03. The Morgan fingerprint density at radius 2 is 2.10 bits per heavy atom. The molecule has 3 aromatic rings. The van der Waals surface area contributed by atoms with Crippen molar-refractivity contribution in [3.63, 3.8) is 0 Å². The second-order valence-corrected chi connectivity index (χ2v) is 7.43. The number of nitrogens with one attached hydrogen (secondary N) is 1. The second kappa shape index (κ2) is 8.10. The van der Waals surface area contributed by atoms with Crippen LogP contribution in [-0.2, 0) is 11.3 Å². The van der Waals surface area contributed by atoms with Gasteiger partial charge >= 0.3 is 0 Å². The molecule has 4 rings (SSSR count). The lowest BCUT2D eigenvalue weighted by Gasteiger charge is -2.32. The summed E-state index contributed by atoms with van der Waals surface area (Å²) in [5.41, 5.74) is 1.05. The molecule has 0 bridgehead atoms. The molecule has 2 aromatic heterocycles. The van der Waals surface area contributed by atoms with Crippen molar-refractivity contribution in [2.45, 2.75) is 45.1 Å². The molecule has 29 heavy (non-hydrogen) atoms. The number of halogens is 1. The molecule has 0 saturated carbocycles. The van der Waals surface area contributed by atoms with Gasteiger partial charge in [0, 0.05) is 25.4 Å². The number of hydrogen-bond donors (Lipinski definition) is 1. The first-order valence-corrected chi connectivity index (χ1v) is 9.90. The summed E-state index contributed by atoms with van der Waals surface area (Å²) in [6.07, 6.45) is 3.07. The molecule has 1 unspecified atom stereocenters. The maximum Gasteiger partial charge on any atom is 0.281 e. The van der Waals surface area contributed by atoms with Crippen molar-refractivity contribution in [2.24, 2.45) is 0 Å². The third-order valence-electron chi connectivity index (χ3n) is 5.26. The Bertz CT molecular complexity index is 1070. The van der Waals surface area contributed by atoms with Gasteiger partial charge in [-0.25, -0.2) is 14.1 Å². The fourth-order valence-electron chi connectivity index (χ4n) is 3.74. The lowest BCUT2D eigenvalue weighted by atomic mass is 9.96. The maximum atomic E-state index is 13.1. The van der Waals surface area contributed by atoms with E-state index in [1.165, 1.54) is 12.1 Å². The molecule has 1 fully saturated rings. The minimum absolute atomic E-state index is 0.0316. The molecule has 1 N–H and O–H groups in total. The first kappa shape index (κ1) is 19.2. The predicted octanol–water partition coefficient (Wildman–Crippen LogP) is 2.21. The molecule has 1 aliphatic heterocycles. The van der Waals surface area contributed by atoms with Gasteiger partial charge in [0.15, 0.2) is 11.2 Å². The monoisotopic (exact) mass is 398 g/mol. The average molecular weight is 398 g/mol. The van der Waals surface area contributed by atoms with Crippen LogP contribution in [0.4, 0.5) is 4.39 Å². The molecule has 3 heterocycles. The Morgan fingerprint density at radius 3 is 2.86 bits per heavy atom.